The molecule has 1 amide bonds. The smallest absolute Gasteiger partial charge is 0.280 e. The van der Waals surface area contributed by atoms with Crippen molar-refractivity contribution in [2.75, 3.05) is 23.7 Å². The second-order valence-corrected chi connectivity index (χ2v) is 9.12. The van der Waals surface area contributed by atoms with Gasteiger partial charge in [0.1, 0.15) is 11.6 Å². The molecule has 0 radical (unpaired) electrons. The minimum absolute atomic E-state index is 0.293. The van der Waals surface area contributed by atoms with E-state index in [-0.39, 0.29) is 5.91 Å². The minimum atomic E-state index is -0.293. The van der Waals surface area contributed by atoms with Crippen LogP contribution in [0.25, 0.3) is 0 Å². The standard InChI is InChI=1S/C25H25N7O/c1-14-20-12-31(13-21(14)20)23-6-3-16(15(2)29-23)10-32-11-17(9-28-32)25(33)30-22-5-4-19-18(22)7-8-27-24(19)26/h3,6-9,11,20-21H,1,4-5,10,12-13H2,2H3,(H2,26,27)/t20-,21+. The van der Waals surface area contributed by atoms with E-state index >= 15 is 0 Å². The summed E-state index contributed by atoms with van der Waals surface area (Å²) in [4.78, 5) is 28.4. The molecular formula is C25H25N7O. The number of fused-ring (bicyclic) bond motifs is 2. The third-order valence-corrected chi connectivity index (χ3v) is 7.13. The lowest BCUT2D eigenvalue weighted by Crippen LogP contribution is -2.23. The molecule has 2 N–H and O–H groups in total. The van der Waals surface area contributed by atoms with Gasteiger partial charge in [-0.25, -0.2) is 15.0 Å². The van der Waals surface area contributed by atoms with E-state index in [4.69, 9.17) is 10.7 Å². The van der Waals surface area contributed by atoms with Crippen LogP contribution in [0.4, 0.5) is 11.6 Å². The topological polar surface area (TPSA) is 102 Å². The summed E-state index contributed by atoms with van der Waals surface area (Å²) in [5.41, 5.74) is 12.5. The van der Waals surface area contributed by atoms with Gasteiger partial charge in [-0.1, -0.05) is 18.2 Å². The van der Waals surface area contributed by atoms with Crippen LogP contribution < -0.4 is 10.6 Å². The van der Waals surface area contributed by atoms with Gasteiger partial charge in [0, 0.05) is 54.1 Å². The first kappa shape index (κ1) is 19.8. The normalized spacial score (nSPS) is 22.0. The molecule has 1 saturated heterocycles. The molecule has 0 spiro atoms. The second-order valence-electron chi connectivity index (χ2n) is 9.12. The predicted molar refractivity (Wildman–Crippen MR) is 126 cm³/mol. The number of hydrogen-bond acceptors (Lipinski definition) is 6. The molecule has 4 heterocycles. The fourth-order valence-corrected chi connectivity index (χ4v) is 5.05. The van der Waals surface area contributed by atoms with Crippen molar-refractivity contribution < 1.29 is 4.79 Å². The zero-order chi connectivity index (χ0) is 22.7. The molecule has 3 aliphatic rings. The average molecular weight is 440 g/mol. The first-order chi connectivity index (χ1) is 16.0. The number of hydrogen-bond donors (Lipinski definition) is 1. The molecule has 1 saturated carbocycles. The van der Waals surface area contributed by atoms with Crippen molar-refractivity contribution in [2.24, 2.45) is 16.8 Å². The Labute approximate surface area is 191 Å². The second kappa shape index (κ2) is 7.37. The molecule has 8 nitrogen and oxygen atoms in total. The van der Waals surface area contributed by atoms with E-state index in [0.717, 1.165) is 53.4 Å². The van der Waals surface area contributed by atoms with Gasteiger partial charge in [-0.2, -0.15) is 5.10 Å². The van der Waals surface area contributed by atoms with Crippen molar-refractivity contribution in [2.45, 2.75) is 26.3 Å². The molecule has 2 aliphatic carbocycles. The van der Waals surface area contributed by atoms with Crippen molar-refractivity contribution in [3.05, 3.63) is 76.9 Å². The van der Waals surface area contributed by atoms with E-state index in [1.165, 1.54) is 5.57 Å². The van der Waals surface area contributed by atoms with Crippen LogP contribution in [0.1, 0.15) is 39.2 Å². The molecule has 2 atom stereocenters. The predicted octanol–water partition coefficient (Wildman–Crippen LogP) is 2.81. The summed E-state index contributed by atoms with van der Waals surface area (Å²) in [6, 6.07) is 6.05. The highest BCUT2D eigenvalue weighted by atomic mass is 16.1. The van der Waals surface area contributed by atoms with Crippen LogP contribution in [0.5, 0.6) is 0 Å². The molecule has 6 rings (SSSR count). The number of nitrogens with two attached hydrogens (primary N) is 1. The van der Waals surface area contributed by atoms with Crippen LogP contribution in [0, 0.1) is 18.8 Å². The van der Waals surface area contributed by atoms with Crippen LogP contribution >= 0.6 is 0 Å². The van der Waals surface area contributed by atoms with Gasteiger partial charge < -0.3 is 10.6 Å². The molecule has 2 fully saturated rings. The summed E-state index contributed by atoms with van der Waals surface area (Å²) in [5, 5.41) is 4.38. The highest BCUT2D eigenvalue weighted by Crippen LogP contribution is 2.50. The average Bonchev–Trinajstić information content (AvgIpc) is 3.31. The fraction of sp³-hybridized carbons (Fsp3) is 0.320. The van der Waals surface area contributed by atoms with Gasteiger partial charge in [0.15, 0.2) is 0 Å². The molecule has 3 aromatic heterocycles. The van der Waals surface area contributed by atoms with E-state index < -0.39 is 0 Å². The zero-order valence-electron chi connectivity index (χ0n) is 18.5. The molecule has 166 valence electrons. The summed E-state index contributed by atoms with van der Waals surface area (Å²) in [6.07, 6.45) is 6.42. The number of aryl methyl sites for hydroxylation is 1. The number of nitrogens with zero attached hydrogens (tertiary/aromatic N) is 6. The summed E-state index contributed by atoms with van der Waals surface area (Å²) < 4.78 is 1.76. The Morgan fingerprint density at radius 1 is 1.24 bits per heavy atom. The Bertz CT molecular complexity index is 1320. The largest absolute Gasteiger partial charge is 0.383 e. The highest BCUT2D eigenvalue weighted by molar-refractivity contribution is 6.13. The van der Waals surface area contributed by atoms with Crippen LogP contribution in [0.2, 0.25) is 0 Å². The highest BCUT2D eigenvalue weighted by Gasteiger charge is 2.49. The lowest BCUT2D eigenvalue weighted by atomic mass is 10.1. The number of amides is 1. The number of anilines is 2. The molecule has 33 heavy (non-hydrogen) atoms. The summed E-state index contributed by atoms with van der Waals surface area (Å²) in [6.45, 7) is 8.74. The van der Waals surface area contributed by atoms with Crippen LogP contribution in [0.3, 0.4) is 0 Å². The van der Waals surface area contributed by atoms with Crippen molar-refractivity contribution in [3.8, 4) is 0 Å². The maximum Gasteiger partial charge on any atom is 0.280 e. The van der Waals surface area contributed by atoms with Crippen molar-refractivity contribution >= 4 is 23.3 Å². The number of pyridine rings is 2. The number of carbonyl (C=O) groups excluding carboxylic acids is 1. The van der Waals surface area contributed by atoms with Gasteiger partial charge in [0.25, 0.3) is 5.91 Å². The quantitative estimate of drug-likeness (QED) is 0.627. The molecule has 8 heteroatoms. The van der Waals surface area contributed by atoms with E-state index in [1.54, 1.807) is 23.3 Å². The van der Waals surface area contributed by atoms with Gasteiger partial charge in [-0.15, -0.1) is 0 Å². The minimum Gasteiger partial charge on any atom is -0.383 e. The molecule has 0 unspecified atom stereocenters. The van der Waals surface area contributed by atoms with Crippen molar-refractivity contribution in [1.29, 1.82) is 0 Å². The first-order valence-corrected chi connectivity index (χ1v) is 11.3. The number of aliphatic imine (C=N–C) groups is 1. The monoisotopic (exact) mass is 439 g/mol. The first-order valence-electron chi connectivity index (χ1n) is 11.3. The number of rotatable bonds is 4. The lowest BCUT2D eigenvalue weighted by molar-refractivity contribution is 0.100. The Morgan fingerprint density at radius 2 is 2.06 bits per heavy atom. The Balaban J connectivity index is 1.15. The summed E-state index contributed by atoms with van der Waals surface area (Å²) in [7, 11) is 0. The van der Waals surface area contributed by atoms with Gasteiger partial charge >= 0.3 is 0 Å². The molecular weight excluding hydrogens is 414 g/mol. The Kier molecular flexibility index (Phi) is 4.43. The van der Waals surface area contributed by atoms with Crippen molar-refractivity contribution in [3.63, 3.8) is 0 Å². The summed E-state index contributed by atoms with van der Waals surface area (Å²) in [5.74, 6) is 2.55. The maximum atomic E-state index is 12.8. The molecule has 3 aromatic rings. The third kappa shape index (κ3) is 3.42. The van der Waals surface area contributed by atoms with Crippen LogP contribution in [-0.2, 0) is 13.0 Å². The van der Waals surface area contributed by atoms with E-state index in [0.29, 0.717) is 36.2 Å². The number of aromatic nitrogens is 4. The van der Waals surface area contributed by atoms with E-state index in [9.17, 15) is 4.79 Å². The zero-order valence-corrected chi connectivity index (χ0v) is 18.5. The van der Waals surface area contributed by atoms with Crippen LogP contribution in [0.15, 0.2) is 53.9 Å². The van der Waals surface area contributed by atoms with Gasteiger partial charge in [0.05, 0.1) is 24.0 Å². The van der Waals surface area contributed by atoms with Crippen molar-refractivity contribution in [1.82, 2.24) is 19.7 Å². The van der Waals surface area contributed by atoms with Gasteiger partial charge in [0.2, 0.25) is 0 Å². The molecule has 0 aromatic carbocycles. The Hall–Kier alpha value is -3.81. The Morgan fingerprint density at radius 3 is 2.85 bits per heavy atom. The number of piperidine rings is 1. The number of nitrogen functional groups attached to an aromatic ring is 1. The SMILES string of the molecule is C=C1[C@H]2CN(c3ccc(Cn4cc(C(=O)N=C5CCc6c5ccnc6N)cn4)c(C)n3)C[C@@H]12. The van der Waals surface area contributed by atoms with Crippen LogP contribution in [-0.4, -0.2) is 44.5 Å². The molecule has 0 bridgehead atoms. The van der Waals surface area contributed by atoms with Gasteiger partial charge in [-0.05, 0) is 37.5 Å². The molecule has 1 aliphatic heterocycles. The fourth-order valence-electron chi connectivity index (χ4n) is 5.05. The van der Waals surface area contributed by atoms with E-state index in [2.05, 4.69) is 38.7 Å². The van der Waals surface area contributed by atoms with E-state index in [1.807, 2.05) is 13.0 Å². The summed E-state index contributed by atoms with van der Waals surface area (Å²) >= 11 is 0. The third-order valence-electron chi connectivity index (χ3n) is 7.13. The number of carbonyl (C=O) groups is 1. The lowest BCUT2D eigenvalue weighted by Gasteiger charge is -2.20. The maximum absolute atomic E-state index is 12.8. The van der Waals surface area contributed by atoms with Gasteiger partial charge in [-0.3, -0.25) is 9.48 Å².